The Labute approximate surface area is 171 Å². The summed E-state index contributed by atoms with van der Waals surface area (Å²) in [5.41, 5.74) is 1.75. The summed E-state index contributed by atoms with van der Waals surface area (Å²) in [7, 11) is 3.93. The van der Waals surface area contributed by atoms with Crippen molar-refractivity contribution in [1.82, 2.24) is 4.90 Å². The van der Waals surface area contributed by atoms with Crippen LogP contribution < -0.4 is 10.2 Å². The summed E-state index contributed by atoms with van der Waals surface area (Å²) >= 11 is 6.13. The Morgan fingerprint density at radius 1 is 1.32 bits per heavy atom. The Kier molecular flexibility index (Phi) is 9.02. The maximum absolute atomic E-state index is 12.9. The first-order valence-electron chi connectivity index (χ1n) is 9.63. The zero-order valence-corrected chi connectivity index (χ0v) is 17.3. The molecule has 1 amide bonds. The molecule has 0 bridgehead atoms. The quantitative estimate of drug-likeness (QED) is 0.741. The van der Waals surface area contributed by atoms with Gasteiger partial charge in [0.1, 0.15) is 0 Å². The third kappa shape index (κ3) is 6.36. The van der Waals surface area contributed by atoms with E-state index in [9.17, 15) is 4.79 Å². The standard InChI is InChI=1S/C19H28ClN3O2.CH2O2/c1-22(2)18-6-5-15(20)12-17(18)21-19(24)14-4-3-9-23(13-14)16-7-10-25-11-8-16;2-1-3/h5-6,12,14,16H,3-4,7-11,13H2,1-2H3,(H,21,24);1H,(H,2,3). The van der Waals surface area contributed by atoms with Crippen molar-refractivity contribution in [2.24, 2.45) is 5.92 Å². The van der Waals surface area contributed by atoms with Crippen LogP contribution in [0.2, 0.25) is 5.02 Å². The van der Waals surface area contributed by atoms with Crippen LogP contribution in [-0.4, -0.2) is 68.8 Å². The summed E-state index contributed by atoms with van der Waals surface area (Å²) in [6.07, 6.45) is 4.18. The summed E-state index contributed by atoms with van der Waals surface area (Å²) in [6, 6.07) is 6.17. The van der Waals surface area contributed by atoms with Gasteiger partial charge in [0.2, 0.25) is 5.91 Å². The van der Waals surface area contributed by atoms with Gasteiger partial charge in [-0.1, -0.05) is 11.6 Å². The van der Waals surface area contributed by atoms with Crippen molar-refractivity contribution in [3.63, 3.8) is 0 Å². The van der Waals surface area contributed by atoms with E-state index in [0.717, 1.165) is 63.4 Å². The normalized spacial score (nSPS) is 20.6. The summed E-state index contributed by atoms with van der Waals surface area (Å²) < 4.78 is 5.47. The molecular weight excluding hydrogens is 382 g/mol. The van der Waals surface area contributed by atoms with E-state index in [1.54, 1.807) is 0 Å². The highest BCUT2D eigenvalue weighted by Crippen LogP contribution is 2.30. The van der Waals surface area contributed by atoms with Crippen LogP contribution in [0.3, 0.4) is 0 Å². The molecule has 2 heterocycles. The molecule has 2 aliphatic rings. The van der Waals surface area contributed by atoms with E-state index in [2.05, 4.69) is 10.2 Å². The first-order chi connectivity index (χ1) is 13.5. The third-order valence-corrected chi connectivity index (χ3v) is 5.46. The Hall–Kier alpha value is -1.83. The van der Waals surface area contributed by atoms with Gasteiger partial charge in [-0.05, 0) is 50.4 Å². The number of hydrogen-bond donors (Lipinski definition) is 2. The molecule has 1 aromatic rings. The summed E-state index contributed by atoms with van der Waals surface area (Å²) in [6.45, 7) is 3.36. The van der Waals surface area contributed by atoms with Gasteiger partial charge in [-0.2, -0.15) is 0 Å². The smallest absolute Gasteiger partial charge is 0.290 e. The number of amides is 1. The highest BCUT2D eigenvalue weighted by molar-refractivity contribution is 6.31. The van der Waals surface area contributed by atoms with Gasteiger partial charge in [-0.15, -0.1) is 0 Å². The Morgan fingerprint density at radius 3 is 2.64 bits per heavy atom. The molecule has 0 aromatic heterocycles. The average Bonchev–Trinajstić information content (AvgIpc) is 2.69. The first-order valence-corrected chi connectivity index (χ1v) is 10.0. The molecule has 2 aliphatic heterocycles. The van der Waals surface area contributed by atoms with Crippen LogP contribution in [0.5, 0.6) is 0 Å². The number of piperidine rings is 1. The molecule has 8 heteroatoms. The number of likely N-dealkylation sites (tertiary alicyclic amines) is 1. The first kappa shape index (κ1) is 22.5. The van der Waals surface area contributed by atoms with E-state index >= 15 is 0 Å². The van der Waals surface area contributed by atoms with Crippen LogP contribution in [0, 0.1) is 5.92 Å². The monoisotopic (exact) mass is 411 g/mol. The predicted octanol–water partition coefficient (Wildman–Crippen LogP) is 2.94. The number of nitrogens with zero attached hydrogens (tertiary/aromatic N) is 2. The molecule has 28 heavy (non-hydrogen) atoms. The van der Waals surface area contributed by atoms with Crippen molar-refractivity contribution in [3.05, 3.63) is 23.2 Å². The topological polar surface area (TPSA) is 82.1 Å². The number of carboxylic acid groups (broad SMARTS) is 1. The molecule has 1 aromatic carbocycles. The van der Waals surface area contributed by atoms with Crippen molar-refractivity contribution in [1.29, 1.82) is 0 Å². The minimum atomic E-state index is -0.250. The van der Waals surface area contributed by atoms with Gasteiger partial charge in [0.25, 0.3) is 6.47 Å². The number of benzene rings is 1. The molecule has 2 saturated heterocycles. The molecule has 1 unspecified atom stereocenters. The second kappa shape index (κ2) is 11.2. The Bertz CT molecular complexity index is 650. The maximum atomic E-state index is 12.9. The third-order valence-electron chi connectivity index (χ3n) is 5.23. The van der Waals surface area contributed by atoms with Crippen molar-refractivity contribution in [2.75, 3.05) is 50.6 Å². The lowest BCUT2D eigenvalue weighted by Crippen LogP contribution is -2.47. The minimum absolute atomic E-state index is 0.0330. The molecule has 156 valence electrons. The number of ether oxygens (including phenoxy) is 1. The molecule has 0 spiro atoms. The molecule has 2 N–H and O–H groups in total. The molecular formula is C20H30ClN3O4. The molecule has 0 saturated carbocycles. The van der Waals surface area contributed by atoms with E-state index in [1.165, 1.54) is 0 Å². The predicted molar refractivity (Wildman–Crippen MR) is 111 cm³/mol. The zero-order valence-electron chi connectivity index (χ0n) is 16.6. The van der Waals surface area contributed by atoms with Crippen LogP contribution in [0.4, 0.5) is 11.4 Å². The SMILES string of the molecule is CN(C)c1ccc(Cl)cc1NC(=O)C1CCCN(C2CCOCC2)C1.O=CO. The number of anilines is 2. The number of carbonyl (C=O) groups is 2. The number of rotatable bonds is 4. The average molecular weight is 412 g/mol. The minimum Gasteiger partial charge on any atom is -0.483 e. The maximum Gasteiger partial charge on any atom is 0.290 e. The van der Waals surface area contributed by atoms with Crippen molar-refractivity contribution in [3.8, 4) is 0 Å². The number of hydrogen-bond acceptors (Lipinski definition) is 5. The Balaban J connectivity index is 0.000000878. The summed E-state index contributed by atoms with van der Waals surface area (Å²) in [5.74, 6) is 0.132. The molecule has 7 nitrogen and oxygen atoms in total. The van der Waals surface area contributed by atoms with Crippen molar-refractivity contribution >= 4 is 35.4 Å². The molecule has 3 rings (SSSR count). The number of nitrogens with one attached hydrogen (secondary N) is 1. The Morgan fingerprint density at radius 2 is 2.00 bits per heavy atom. The van der Waals surface area contributed by atoms with E-state index in [4.69, 9.17) is 26.2 Å². The van der Waals surface area contributed by atoms with E-state index in [0.29, 0.717) is 11.1 Å². The van der Waals surface area contributed by atoms with E-state index in [-0.39, 0.29) is 18.3 Å². The van der Waals surface area contributed by atoms with Gasteiger partial charge >= 0.3 is 0 Å². The highest BCUT2D eigenvalue weighted by atomic mass is 35.5. The highest BCUT2D eigenvalue weighted by Gasteiger charge is 2.31. The van der Waals surface area contributed by atoms with Gasteiger partial charge in [0.15, 0.2) is 0 Å². The lowest BCUT2D eigenvalue weighted by molar-refractivity contribution is -0.123. The van der Waals surface area contributed by atoms with Gasteiger partial charge in [0.05, 0.1) is 17.3 Å². The van der Waals surface area contributed by atoms with Crippen LogP contribution in [0.25, 0.3) is 0 Å². The fourth-order valence-corrected chi connectivity index (χ4v) is 4.01. The van der Waals surface area contributed by atoms with E-state index in [1.807, 2.05) is 37.2 Å². The van der Waals surface area contributed by atoms with Crippen LogP contribution in [0.15, 0.2) is 18.2 Å². The number of halogens is 1. The molecule has 0 radical (unpaired) electrons. The molecule has 1 atom stereocenters. The summed E-state index contributed by atoms with van der Waals surface area (Å²) in [5, 5.41) is 10.6. The number of carbonyl (C=O) groups excluding carboxylic acids is 1. The lowest BCUT2D eigenvalue weighted by Gasteiger charge is -2.39. The van der Waals surface area contributed by atoms with Crippen molar-refractivity contribution in [2.45, 2.75) is 31.7 Å². The van der Waals surface area contributed by atoms with Crippen molar-refractivity contribution < 1.29 is 19.4 Å². The summed E-state index contributed by atoms with van der Waals surface area (Å²) in [4.78, 5) is 25.7. The zero-order chi connectivity index (χ0) is 20.5. The van der Waals surface area contributed by atoms with Gasteiger partial charge in [0, 0.05) is 44.9 Å². The second-order valence-corrected chi connectivity index (χ2v) is 7.76. The molecule has 0 aliphatic carbocycles. The van der Waals surface area contributed by atoms with Gasteiger partial charge in [-0.3, -0.25) is 14.5 Å². The fourth-order valence-electron chi connectivity index (χ4n) is 3.84. The van der Waals surface area contributed by atoms with Crippen LogP contribution in [-0.2, 0) is 14.3 Å². The molecule has 2 fully saturated rings. The van der Waals surface area contributed by atoms with Crippen LogP contribution >= 0.6 is 11.6 Å². The second-order valence-electron chi connectivity index (χ2n) is 7.33. The van der Waals surface area contributed by atoms with Gasteiger partial charge < -0.3 is 20.1 Å². The largest absolute Gasteiger partial charge is 0.483 e. The fraction of sp³-hybridized carbons (Fsp3) is 0.600. The van der Waals surface area contributed by atoms with E-state index < -0.39 is 0 Å². The van der Waals surface area contributed by atoms with Crippen LogP contribution in [0.1, 0.15) is 25.7 Å². The van der Waals surface area contributed by atoms with Gasteiger partial charge in [-0.25, -0.2) is 0 Å². The lowest BCUT2D eigenvalue weighted by atomic mass is 9.94.